The first-order valence-corrected chi connectivity index (χ1v) is 7.69. The first kappa shape index (κ1) is 14.8. The number of rotatable bonds is 4. The second kappa shape index (κ2) is 5.83. The lowest BCUT2D eigenvalue weighted by Gasteiger charge is -2.10. The lowest BCUT2D eigenvalue weighted by molar-refractivity contribution is 0.112. The molecule has 0 unspecified atom stereocenters. The van der Waals surface area contributed by atoms with Crippen LogP contribution in [0.15, 0.2) is 47.4 Å². The summed E-state index contributed by atoms with van der Waals surface area (Å²) in [7, 11) is -3.81. The van der Waals surface area contributed by atoms with E-state index in [0.29, 0.717) is 16.3 Å². The third-order valence-corrected chi connectivity index (χ3v) is 4.38. The van der Waals surface area contributed by atoms with Crippen molar-refractivity contribution in [3.05, 3.63) is 58.1 Å². The maximum absolute atomic E-state index is 12.2. The molecule has 0 saturated heterocycles. The standard InChI is InChI=1S/C13H9Cl2NO3S/c14-10-3-5-12(6-4-10)20(18,19)16-13-7-11(15)2-1-9(13)8-17/h1-8,16H. The molecule has 7 heteroatoms. The monoisotopic (exact) mass is 329 g/mol. The summed E-state index contributed by atoms with van der Waals surface area (Å²) in [5, 5.41) is 0.754. The molecule has 0 aliphatic heterocycles. The summed E-state index contributed by atoms with van der Waals surface area (Å²) >= 11 is 11.5. The number of benzene rings is 2. The minimum atomic E-state index is -3.81. The van der Waals surface area contributed by atoms with Crippen LogP contribution in [0.2, 0.25) is 10.0 Å². The Bertz CT molecular complexity index is 743. The molecule has 1 N–H and O–H groups in total. The van der Waals surface area contributed by atoms with E-state index in [1.54, 1.807) is 0 Å². The van der Waals surface area contributed by atoms with Gasteiger partial charge in [-0.2, -0.15) is 0 Å². The van der Waals surface area contributed by atoms with Crippen molar-refractivity contribution in [2.45, 2.75) is 4.90 Å². The van der Waals surface area contributed by atoms with Crippen LogP contribution >= 0.6 is 23.2 Å². The molecular formula is C13H9Cl2NO3S. The smallest absolute Gasteiger partial charge is 0.261 e. The zero-order valence-corrected chi connectivity index (χ0v) is 12.3. The Morgan fingerprint density at radius 1 is 0.950 bits per heavy atom. The van der Waals surface area contributed by atoms with Gasteiger partial charge in [0.25, 0.3) is 10.0 Å². The van der Waals surface area contributed by atoms with E-state index in [1.165, 1.54) is 42.5 Å². The van der Waals surface area contributed by atoms with Gasteiger partial charge >= 0.3 is 0 Å². The molecule has 104 valence electrons. The van der Waals surface area contributed by atoms with Crippen LogP contribution in [0.1, 0.15) is 10.4 Å². The van der Waals surface area contributed by atoms with Gasteiger partial charge in [-0.15, -0.1) is 0 Å². The van der Waals surface area contributed by atoms with Crippen LogP contribution in [-0.2, 0) is 10.0 Å². The molecular weight excluding hydrogens is 321 g/mol. The number of anilines is 1. The second-order valence-corrected chi connectivity index (χ2v) is 6.46. The van der Waals surface area contributed by atoms with Crippen molar-refractivity contribution >= 4 is 45.2 Å². The van der Waals surface area contributed by atoms with Gasteiger partial charge in [0.2, 0.25) is 0 Å². The molecule has 4 nitrogen and oxygen atoms in total. The lowest BCUT2D eigenvalue weighted by atomic mass is 10.2. The van der Waals surface area contributed by atoms with Gasteiger partial charge in [-0.3, -0.25) is 9.52 Å². The molecule has 0 saturated carbocycles. The van der Waals surface area contributed by atoms with E-state index in [9.17, 15) is 13.2 Å². The van der Waals surface area contributed by atoms with Crippen molar-refractivity contribution in [2.75, 3.05) is 4.72 Å². The Morgan fingerprint density at radius 3 is 2.15 bits per heavy atom. The van der Waals surface area contributed by atoms with Crippen LogP contribution < -0.4 is 4.72 Å². The summed E-state index contributed by atoms with van der Waals surface area (Å²) in [5.74, 6) is 0. The number of halogens is 2. The van der Waals surface area contributed by atoms with E-state index in [0.717, 1.165) is 0 Å². The lowest BCUT2D eigenvalue weighted by Crippen LogP contribution is -2.14. The maximum Gasteiger partial charge on any atom is 0.261 e. The number of aldehydes is 1. The van der Waals surface area contributed by atoms with Crippen molar-refractivity contribution in [3.8, 4) is 0 Å². The number of nitrogens with one attached hydrogen (secondary N) is 1. The van der Waals surface area contributed by atoms with Crippen LogP contribution in [0, 0.1) is 0 Å². The fourth-order valence-corrected chi connectivity index (χ4v) is 2.91. The highest BCUT2D eigenvalue weighted by atomic mass is 35.5. The predicted molar refractivity (Wildman–Crippen MR) is 79.1 cm³/mol. The van der Waals surface area contributed by atoms with Gasteiger partial charge in [-0.25, -0.2) is 8.42 Å². The van der Waals surface area contributed by atoms with Crippen LogP contribution in [0.4, 0.5) is 5.69 Å². The van der Waals surface area contributed by atoms with Crippen molar-refractivity contribution in [2.24, 2.45) is 0 Å². The average Bonchev–Trinajstić information content (AvgIpc) is 2.39. The first-order chi connectivity index (χ1) is 9.42. The van der Waals surface area contributed by atoms with E-state index in [-0.39, 0.29) is 16.1 Å². The van der Waals surface area contributed by atoms with Gasteiger partial charge in [-0.05, 0) is 42.5 Å². The maximum atomic E-state index is 12.2. The Balaban J connectivity index is 2.40. The van der Waals surface area contributed by atoms with E-state index < -0.39 is 10.0 Å². The van der Waals surface area contributed by atoms with E-state index in [1.807, 2.05) is 0 Å². The van der Waals surface area contributed by atoms with Crippen molar-refractivity contribution in [1.29, 1.82) is 0 Å². The molecule has 0 spiro atoms. The third kappa shape index (κ3) is 3.30. The number of hydrogen-bond donors (Lipinski definition) is 1. The first-order valence-electron chi connectivity index (χ1n) is 5.45. The predicted octanol–water partition coefficient (Wildman–Crippen LogP) is 3.61. The molecule has 0 fully saturated rings. The highest BCUT2D eigenvalue weighted by molar-refractivity contribution is 7.92. The second-order valence-electron chi connectivity index (χ2n) is 3.91. The van der Waals surface area contributed by atoms with E-state index in [2.05, 4.69) is 4.72 Å². The summed E-state index contributed by atoms with van der Waals surface area (Å²) in [4.78, 5) is 11.0. The number of sulfonamides is 1. The fourth-order valence-electron chi connectivity index (χ4n) is 1.54. The molecule has 2 rings (SSSR count). The van der Waals surface area contributed by atoms with Crippen LogP contribution in [0.5, 0.6) is 0 Å². The highest BCUT2D eigenvalue weighted by Gasteiger charge is 2.16. The van der Waals surface area contributed by atoms with Crippen molar-refractivity contribution in [3.63, 3.8) is 0 Å². The van der Waals surface area contributed by atoms with Gasteiger partial charge in [-0.1, -0.05) is 23.2 Å². The molecule has 2 aromatic rings. The Morgan fingerprint density at radius 2 is 1.55 bits per heavy atom. The average molecular weight is 330 g/mol. The SMILES string of the molecule is O=Cc1ccc(Cl)cc1NS(=O)(=O)c1ccc(Cl)cc1. The van der Waals surface area contributed by atoms with Gasteiger partial charge in [0, 0.05) is 15.6 Å². The van der Waals surface area contributed by atoms with Crippen LogP contribution in [0.25, 0.3) is 0 Å². The molecule has 2 aromatic carbocycles. The Labute approximate surface area is 126 Å². The Hall–Kier alpha value is -1.56. The van der Waals surface area contributed by atoms with Gasteiger partial charge < -0.3 is 0 Å². The van der Waals surface area contributed by atoms with E-state index in [4.69, 9.17) is 23.2 Å². The summed E-state index contributed by atoms with van der Waals surface area (Å²) < 4.78 is 26.7. The van der Waals surface area contributed by atoms with Gasteiger partial charge in [0.15, 0.2) is 6.29 Å². The molecule has 0 bridgehead atoms. The third-order valence-electron chi connectivity index (χ3n) is 2.51. The molecule has 0 amide bonds. The zero-order valence-electron chi connectivity index (χ0n) is 10.0. The zero-order chi connectivity index (χ0) is 14.8. The molecule has 0 aliphatic rings. The summed E-state index contributed by atoms with van der Waals surface area (Å²) in [6.45, 7) is 0. The topological polar surface area (TPSA) is 63.2 Å². The highest BCUT2D eigenvalue weighted by Crippen LogP contribution is 2.23. The van der Waals surface area contributed by atoms with Crippen LogP contribution in [-0.4, -0.2) is 14.7 Å². The number of hydrogen-bond acceptors (Lipinski definition) is 3. The molecule has 0 atom stereocenters. The van der Waals surface area contributed by atoms with E-state index >= 15 is 0 Å². The van der Waals surface area contributed by atoms with Crippen molar-refractivity contribution < 1.29 is 13.2 Å². The Kier molecular flexibility index (Phi) is 4.32. The van der Waals surface area contributed by atoms with Crippen molar-refractivity contribution in [1.82, 2.24) is 0 Å². The molecule has 20 heavy (non-hydrogen) atoms. The largest absolute Gasteiger partial charge is 0.298 e. The molecule has 0 heterocycles. The molecule has 0 aliphatic carbocycles. The minimum absolute atomic E-state index is 0.0405. The molecule has 0 aromatic heterocycles. The van der Waals surface area contributed by atoms with Crippen LogP contribution in [0.3, 0.4) is 0 Å². The summed E-state index contributed by atoms with van der Waals surface area (Å²) in [6.07, 6.45) is 0.552. The number of carbonyl (C=O) groups excluding carboxylic acids is 1. The van der Waals surface area contributed by atoms with Gasteiger partial charge in [0.1, 0.15) is 0 Å². The normalized spacial score (nSPS) is 11.1. The fraction of sp³-hybridized carbons (Fsp3) is 0. The molecule has 0 radical (unpaired) electrons. The van der Waals surface area contributed by atoms with Gasteiger partial charge in [0.05, 0.1) is 10.6 Å². The summed E-state index contributed by atoms with van der Waals surface area (Å²) in [5.41, 5.74) is 0.328. The quantitative estimate of drug-likeness (QED) is 0.871. The summed E-state index contributed by atoms with van der Waals surface area (Å²) in [6, 6.07) is 9.99. The minimum Gasteiger partial charge on any atom is -0.298 e. The number of carbonyl (C=O) groups is 1.